The van der Waals surface area contributed by atoms with E-state index in [-0.39, 0.29) is 0 Å². The van der Waals surface area contributed by atoms with E-state index in [9.17, 15) is 0 Å². The summed E-state index contributed by atoms with van der Waals surface area (Å²) < 4.78 is 2.27. The van der Waals surface area contributed by atoms with Crippen LogP contribution in [0.1, 0.15) is 45.4 Å². The summed E-state index contributed by atoms with van der Waals surface area (Å²) in [6, 6.07) is 0. The van der Waals surface area contributed by atoms with E-state index in [4.69, 9.17) is 0 Å². The second-order valence-corrected chi connectivity index (χ2v) is 3.73. The van der Waals surface area contributed by atoms with Gasteiger partial charge in [-0.2, -0.15) is 0 Å². The Bertz CT molecular complexity index is 76.8. The predicted molar refractivity (Wildman–Crippen MR) is 51.1 cm³/mol. The van der Waals surface area contributed by atoms with Gasteiger partial charge < -0.3 is 0 Å². The van der Waals surface area contributed by atoms with Gasteiger partial charge in [0.25, 0.3) is 0 Å². The fourth-order valence-electron chi connectivity index (χ4n) is 0.962. The van der Waals surface area contributed by atoms with Crippen molar-refractivity contribution < 1.29 is 0 Å². The number of allylic oxidation sites excluding steroid dienone is 1. The predicted octanol–water partition coefficient (Wildman–Crippen LogP) is 2.49. The Hall–Kier alpha value is 0.558. The Morgan fingerprint density at radius 1 is 1.10 bits per heavy atom. The van der Waals surface area contributed by atoms with Gasteiger partial charge in [-0.05, 0) is 0 Å². The molecule has 0 aromatic rings. The molecular formula is C9H19Sb. The van der Waals surface area contributed by atoms with Gasteiger partial charge in [-0.15, -0.1) is 0 Å². The third kappa shape index (κ3) is 8.56. The summed E-state index contributed by atoms with van der Waals surface area (Å²) in [6.45, 7) is 2.26. The van der Waals surface area contributed by atoms with Crippen molar-refractivity contribution in [1.82, 2.24) is 0 Å². The zero-order chi connectivity index (χ0) is 7.66. The molecule has 0 nitrogen and oxygen atoms in total. The Morgan fingerprint density at radius 3 is 2.40 bits per heavy atom. The van der Waals surface area contributed by atoms with Crippen LogP contribution in [0.3, 0.4) is 0 Å². The first-order valence-corrected chi connectivity index (χ1v) is 6.18. The Labute approximate surface area is 78.6 Å². The molecule has 0 aromatic heterocycles. The van der Waals surface area contributed by atoms with E-state index in [1.54, 1.807) is 0 Å². The van der Waals surface area contributed by atoms with E-state index in [2.05, 4.69) is 17.0 Å². The Kier molecular flexibility index (Phi) is 10.1. The van der Waals surface area contributed by atoms with Crippen molar-refractivity contribution in [2.75, 3.05) is 0 Å². The average Bonchev–Trinajstić information content (AvgIpc) is 1.97. The van der Waals surface area contributed by atoms with Crippen LogP contribution in [0.15, 0.2) is 10.1 Å². The summed E-state index contributed by atoms with van der Waals surface area (Å²) in [5, 5.41) is 0. The quantitative estimate of drug-likeness (QED) is 0.501. The second kappa shape index (κ2) is 9.56. The van der Waals surface area contributed by atoms with Crippen molar-refractivity contribution >= 4 is 23.0 Å². The number of hydrogen-bond acceptors (Lipinski definition) is 0. The van der Waals surface area contributed by atoms with E-state index in [0.717, 1.165) is 0 Å². The number of unbranched alkanes of at least 4 members (excludes halogenated alkanes) is 5. The number of rotatable bonds is 6. The molecule has 0 aromatic carbocycles. The monoisotopic (exact) mass is 248 g/mol. The fourth-order valence-corrected chi connectivity index (χ4v) is 1.51. The molecule has 0 bridgehead atoms. The van der Waals surface area contributed by atoms with Crippen LogP contribution < -0.4 is 0 Å². The van der Waals surface area contributed by atoms with Gasteiger partial charge in [-0.25, -0.2) is 0 Å². The van der Waals surface area contributed by atoms with Crippen LogP contribution in [0, 0.1) is 0 Å². The molecule has 0 unspecified atom stereocenters. The molecule has 0 atom stereocenters. The summed E-state index contributed by atoms with van der Waals surface area (Å²) in [4.78, 5) is 0. The van der Waals surface area contributed by atoms with Crippen LogP contribution in [-0.4, -0.2) is 23.0 Å². The molecule has 0 aliphatic carbocycles. The van der Waals surface area contributed by atoms with E-state index in [1.165, 1.54) is 61.5 Å². The van der Waals surface area contributed by atoms with Crippen LogP contribution in [0.25, 0.3) is 0 Å². The van der Waals surface area contributed by atoms with E-state index < -0.39 is 0 Å². The molecule has 0 fully saturated rings. The molecule has 0 heterocycles. The molecule has 0 rings (SSSR count). The van der Waals surface area contributed by atoms with E-state index in [1.807, 2.05) is 0 Å². The summed E-state index contributed by atoms with van der Waals surface area (Å²) in [7, 11) is 0. The SMILES string of the molecule is CCCCCCCC=[CH][SbH2]. The first-order chi connectivity index (χ1) is 4.91. The van der Waals surface area contributed by atoms with Crippen LogP contribution in [0.4, 0.5) is 0 Å². The topological polar surface area (TPSA) is 0 Å². The minimum atomic E-state index is 1.28. The first-order valence-electron chi connectivity index (χ1n) is 4.28. The third-order valence-electron chi connectivity index (χ3n) is 1.61. The molecule has 0 aliphatic heterocycles. The molecule has 0 radical (unpaired) electrons. The Balaban J connectivity index is 2.77. The Morgan fingerprint density at radius 2 is 1.80 bits per heavy atom. The van der Waals surface area contributed by atoms with E-state index in [0.29, 0.717) is 0 Å². The van der Waals surface area contributed by atoms with Gasteiger partial charge in [0, 0.05) is 0 Å². The summed E-state index contributed by atoms with van der Waals surface area (Å²) in [5.41, 5.74) is 0. The average molecular weight is 249 g/mol. The summed E-state index contributed by atoms with van der Waals surface area (Å²) in [5.74, 6) is 0. The molecule has 0 spiro atoms. The maximum absolute atomic E-state index is 2.31. The normalized spacial score (nSPS) is 11.0. The molecule has 0 saturated carbocycles. The molecule has 1 heteroatoms. The molecule has 60 valence electrons. The second-order valence-electron chi connectivity index (χ2n) is 2.63. The van der Waals surface area contributed by atoms with Gasteiger partial charge in [0.1, 0.15) is 0 Å². The number of hydrogen-bond donors (Lipinski definition) is 0. The van der Waals surface area contributed by atoms with Gasteiger partial charge in [-0.1, -0.05) is 0 Å². The van der Waals surface area contributed by atoms with Crippen molar-refractivity contribution in [3.05, 3.63) is 10.1 Å². The van der Waals surface area contributed by atoms with Gasteiger partial charge >= 0.3 is 78.6 Å². The molecule has 0 N–H and O–H groups in total. The summed E-state index contributed by atoms with van der Waals surface area (Å²) >= 11 is 1.28. The van der Waals surface area contributed by atoms with Crippen molar-refractivity contribution in [2.24, 2.45) is 0 Å². The van der Waals surface area contributed by atoms with E-state index >= 15 is 0 Å². The molecular weight excluding hydrogens is 230 g/mol. The van der Waals surface area contributed by atoms with Crippen molar-refractivity contribution in [1.29, 1.82) is 0 Å². The zero-order valence-corrected chi connectivity index (χ0v) is 10.3. The van der Waals surface area contributed by atoms with Gasteiger partial charge in [0.05, 0.1) is 0 Å². The molecule has 10 heavy (non-hydrogen) atoms. The minimum absolute atomic E-state index is 1.28. The third-order valence-corrected chi connectivity index (χ3v) is 2.39. The maximum atomic E-state index is 2.31. The van der Waals surface area contributed by atoms with Crippen molar-refractivity contribution in [3.63, 3.8) is 0 Å². The zero-order valence-electron chi connectivity index (χ0n) is 6.97. The van der Waals surface area contributed by atoms with Crippen LogP contribution in [0.5, 0.6) is 0 Å². The molecule has 0 amide bonds. The summed E-state index contributed by atoms with van der Waals surface area (Å²) in [6.07, 6.45) is 10.7. The van der Waals surface area contributed by atoms with Crippen molar-refractivity contribution in [2.45, 2.75) is 45.4 Å². The van der Waals surface area contributed by atoms with Crippen LogP contribution >= 0.6 is 0 Å². The molecule has 0 aliphatic rings. The fraction of sp³-hybridized carbons (Fsp3) is 0.778. The van der Waals surface area contributed by atoms with Crippen molar-refractivity contribution in [3.8, 4) is 0 Å². The van der Waals surface area contributed by atoms with Crippen LogP contribution in [-0.2, 0) is 0 Å². The molecule has 0 saturated heterocycles. The standard InChI is InChI=1S/C9H17.Sb.2H/c1-3-5-7-9-8-6-4-2;;;/h1,3H,4-9H2,2H3;;;. The van der Waals surface area contributed by atoms with Gasteiger partial charge in [0.2, 0.25) is 0 Å². The van der Waals surface area contributed by atoms with Crippen LogP contribution in [0.2, 0.25) is 0 Å². The van der Waals surface area contributed by atoms with Gasteiger partial charge in [0.15, 0.2) is 0 Å². The first kappa shape index (κ1) is 10.6. The van der Waals surface area contributed by atoms with Gasteiger partial charge in [-0.3, -0.25) is 0 Å².